The monoisotopic (exact) mass is 438 g/mol. The Morgan fingerprint density at radius 1 is 1.13 bits per heavy atom. The lowest BCUT2D eigenvalue weighted by Gasteiger charge is -2.20. The predicted octanol–water partition coefficient (Wildman–Crippen LogP) is 3.06. The maximum Gasteiger partial charge on any atom is 0.255 e. The van der Waals surface area contributed by atoms with Crippen molar-refractivity contribution >= 4 is 15.9 Å². The van der Waals surface area contributed by atoms with E-state index in [0.29, 0.717) is 13.1 Å². The second-order valence-corrected chi connectivity index (χ2v) is 8.51. The number of hydrogen-bond donors (Lipinski definition) is 1. The molecule has 2 rings (SSSR count). The quantitative estimate of drug-likeness (QED) is 0.616. The van der Waals surface area contributed by atoms with Gasteiger partial charge in [0.2, 0.25) is 10.0 Å². The molecule has 2 aromatic rings. The lowest BCUT2D eigenvalue weighted by atomic mass is 10.1. The molecule has 164 valence electrons. The van der Waals surface area contributed by atoms with E-state index in [0.717, 1.165) is 0 Å². The highest BCUT2D eigenvalue weighted by molar-refractivity contribution is 7.89. The van der Waals surface area contributed by atoms with Crippen LogP contribution in [0.15, 0.2) is 47.4 Å². The van der Waals surface area contributed by atoms with Gasteiger partial charge in [-0.25, -0.2) is 12.8 Å². The maximum absolute atomic E-state index is 13.7. The topological polar surface area (TPSA) is 84.9 Å². The molecule has 1 amide bonds. The minimum Gasteiger partial charge on any atom is -0.496 e. The van der Waals surface area contributed by atoms with Gasteiger partial charge in [-0.1, -0.05) is 26.0 Å². The number of nitrogens with one attached hydrogen (secondary N) is 1. The van der Waals surface area contributed by atoms with Crippen molar-refractivity contribution in [2.24, 2.45) is 0 Å². The zero-order valence-electron chi connectivity index (χ0n) is 17.5. The van der Waals surface area contributed by atoms with Crippen molar-refractivity contribution in [3.8, 4) is 11.5 Å². The number of nitrogens with zero attached hydrogens (tertiary/aromatic N) is 1. The number of sulfonamides is 1. The zero-order chi connectivity index (χ0) is 22.3. The van der Waals surface area contributed by atoms with Crippen LogP contribution in [-0.4, -0.2) is 51.5 Å². The van der Waals surface area contributed by atoms with Crippen molar-refractivity contribution in [1.82, 2.24) is 9.62 Å². The number of benzene rings is 2. The summed E-state index contributed by atoms with van der Waals surface area (Å²) in [7, 11) is -2.33. The van der Waals surface area contributed by atoms with Crippen LogP contribution in [-0.2, 0) is 10.0 Å². The van der Waals surface area contributed by atoms with E-state index in [-0.39, 0.29) is 28.6 Å². The molecule has 0 bridgehead atoms. The van der Waals surface area contributed by atoms with E-state index in [1.165, 1.54) is 41.7 Å². The first-order valence-electron chi connectivity index (χ1n) is 9.60. The van der Waals surface area contributed by atoms with E-state index in [1.54, 1.807) is 32.9 Å². The SMILES string of the molecule is CCN(CC)S(=O)(=O)c1ccc(OC)c(C(=O)NC(C)COc2ccccc2F)c1. The zero-order valence-corrected chi connectivity index (χ0v) is 18.3. The summed E-state index contributed by atoms with van der Waals surface area (Å²) < 4.78 is 51.2. The lowest BCUT2D eigenvalue weighted by molar-refractivity contribution is 0.0923. The number of methoxy groups -OCH3 is 1. The molecule has 0 radical (unpaired) electrons. The fourth-order valence-corrected chi connectivity index (χ4v) is 4.34. The average molecular weight is 439 g/mol. The fraction of sp³-hybridized carbons (Fsp3) is 0.381. The number of ether oxygens (including phenoxy) is 2. The number of carbonyl (C=O) groups excluding carboxylic acids is 1. The summed E-state index contributed by atoms with van der Waals surface area (Å²) in [5, 5.41) is 2.72. The molecule has 0 aliphatic carbocycles. The molecule has 0 saturated heterocycles. The Morgan fingerprint density at radius 3 is 2.40 bits per heavy atom. The highest BCUT2D eigenvalue weighted by Crippen LogP contribution is 2.25. The third-order valence-corrected chi connectivity index (χ3v) is 6.51. The molecule has 0 aliphatic rings. The third-order valence-electron chi connectivity index (χ3n) is 4.46. The summed E-state index contributed by atoms with van der Waals surface area (Å²) in [5.41, 5.74) is 0.0865. The minimum absolute atomic E-state index is 0.00686. The average Bonchev–Trinajstić information content (AvgIpc) is 2.73. The molecule has 2 aromatic carbocycles. The van der Waals surface area contributed by atoms with Gasteiger partial charge in [0, 0.05) is 13.1 Å². The predicted molar refractivity (Wildman–Crippen MR) is 112 cm³/mol. The van der Waals surface area contributed by atoms with E-state index in [4.69, 9.17) is 9.47 Å². The first-order valence-corrected chi connectivity index (χ1v) is 11.0. The van der Waals surface area contributed by atoms with Crippen molar-refractivity contribution in [3.05, 3.63) is 53.8 Å². The largest absolute Gasteiger partial charge is 0.496 e. The van der Waals surface area contributed by atoms with Crippen molar-refractivity contribution in [2.45, 2.75) is 31.7 Å². The molecule has 7 nitrogen and oxygen atoms in total. The Bertz CT molecular complexity index is 977. The smallest absolute Gasteiger partial charge is 0.255 e. The molecule has 30 heavy (non-hydrogen) atoms. The van der Waals surface area contributed by atoms with Crippen LogP contribution in [0.1, 0.15) is 31.1 Å². The van der Waals surface area contributed by atoms with Gasteiger partial charge in [-0.3, -0.25) is 4.79 Å². The number of halogens is 1. The molecule has 0 saturated carbocycles. The molecular formula is C21H27FN2O5S. The second-order valence-electron chi connectivity index (χ2n) is 6.57. The molecule has 0 fully saturated rings. The van der Waals surface area contributed by atoms with Gasteiger partial charge < -0.3 is 14.8 Å². The third kappa shape index (κ3) is 5.48. The van der Waals surface area contributed by atoms with Gasteiger partial charge in [0.25, 0.3) is 5.91 Å². The van der Waals surface area contributed by atoms with E-state index < -0.39 is 27.8 Å². The van der Waals surface area contributed by atoms with Crippen molar-refractivity contribution in [1.29, 1.82) is 0 Å². The van der Waals surface area contributed by atoms with Crippen molar-refractivity contribution in [2.75, 3.05) is 26.8 Å². The molecule has 1 N–H and O–H groups in total. The van der Waals surface area contributed by atoms with Gasteiger partial charge >= 0.3 is 0 Å². The summed E-state index contributed by atoms with van der Waals surface area (Å²) in [6, 6.07) is 9.67. The number of hydrogen-bond acceptors (Lipinski definition) is 5. The molecule has 9 heteroatoms. The van der Waals surface area contributed by atoms with Gasteiger partial charge in [-0.2, -0.15) is 4.31 Å². The molecule has 0 aliphatic heterocycles. The van der Waals surface area contributed by atoms with Crippen LogP contribution < -0.4 is 14.8 Å². The number of para-hydroxylation sites is 1. The van der Waals surface area contributed by atoms with Gasteiger partial charge in [0.05, 0.1) is 23.6 Å². The van der Waals surface area contributed by atoms with Crippen molar-refractivity contribution < 1.29 is 27.1 Å². The van der Waals surface area contributed by atoms with Crippen LogP contribution in [0.3, 0.4) is 0 Å². The van der Waals surface area contributed by atoms with Gasteiger partial charge in [0.1, 0.15) is 12.4 Å². The molecular weight excluding hydrogens is 411 g/mol. The van der Waals surface area contributed by atoms with E-state index in [9.17, 15) is 17.6 Å². The van der Waals surface area contributed by atoms with Crippen LogP contribution in [0.5, 0.6) is 11.5 Å². The van der Waals surface area contributed by atoms with Crippen LogP contribution in [0.2, 0.25) is 0 Å². The van der Waals surface area contributed by atoms with Crippen molar-refractivity contribution in [3.63, 3.8) is 0 Å². The summed E-state index contributed by atoms with van der Waals surface area (Å²) in [4.78, 5) is 12.8. The standard InChI is InChI=1S/C21H27FN2O5S/c1-5-24(6-2)30(26,27)16-11-12-19(28-4)17(13-16)21(25)23-15(3)14-29-20-10-8-7-9-18(20)22/h7-13,15H,5-6,14H2,1-4H3,(H,23,25). The van der Waals surface area contributed by atoms with Gasteiger partial charge in [-0.05, 0) is 37.3 Å². The Morgan fingerprint density at radius 2 is 1.80 bits per heavy atom. The number of carbonyl (C=O) groups is 1. The Hall–Kier alpha value is -2.65. The Labute approximate surface area is 176 Å². The summed E-state index contributed by atoms with van der Waals surface area (Å²) in [6.07, 6.45) is 0. The first kappa shape index (κ1) is 23.6. The summed E-state index contributed by atoms with van der Waals surface area (Å²) in [6.45, 7) is 5.85. The molecule has 0 heterocycles. The number of rotatable bonds is 10. The molecule has 1 atom stereocenters. The van der Waals surface area contributed by atoms with E-state index in [2.05, 4.69) is 5.32 Å². The van der Waals surface area contributed by atoms with Crippen LogP contribution in [0, 0.1) is 5.82 Å². The summed E-state index contributed by atoms with van der Waals surface area (Å²) in [5.74, 6) is -0.684. The second kappa shape index (κ2) is 10.4. The Balaban J connectivity index is 2.18. The normalized spacial score (nSPS) is 12.5. The molecule has 0 spiro atoms. The molecule has 1 unspecified atom stereocenters. The molecule has 0 aromatic heterocycles. The van der Waals surface area contributed by atoms with E-state index in [1.807, 2.05) is 0 Å². The highest BCUT2D eigenvalue weighted by atomic mass is 32.2. The van der Waals surface area contributed by atoms with Crippen LogP contribution >= 0.6 is 0 Å². The lowest BCUT2D eigenvalue weighted by Crippen LogP contribution is -2.37. The maximum atomic E-state index is 13.7. The van der Waals surface area contributed by atoms with Crippen LogP contribution in [0.25, 0.3) is 0 Å². The first-order chi connectivity index (χ1) is 14.2. The van der Waals surface area contributed by atoms with Crippen LogP contribution in [0.4, 0.5) is 4.39 Å². The highest BCUT2D eigenvalue weighted by Gasteiger charge is 2.25. The van der Waals surface area contributed by atoms with E-state index >= 15 is 0 Å². The van der Waals surface area contributed by atoms with Gasteiger partial charge in [-0.15, -0.1) is 0 Å². The van der Waals surface area contributed by atoms with Gasteiger partial charge in [0.15, 0.2) is 11.6 Å². The minimum atomic E-state index is -3.73. The number of amides is 1. The Kier molecular flexibility index (Phi) is 8.19. The summed E-state index contributed by atoms with van der Waals surface area (Å²) >= 11 is 0. The fourth-order valence-electron chi connectivity index (χ4n) is 2.86.